The van der Waals surface area contributed by atoms with Gasteiger partial charge in [-0.2, -0.15) is 0 Å². The number of aryl methyl sites for hydroxylation is 1. The average molecular weight is 400 g/mol. The fraction of sp³-hybridized carbons (Fsp3) is 0.316. The Labute approximate surface area is 161 Å². The highest BCUT2D eigenvalue weighted by molar-refractivity contribution is 6.37. The number of hydrogen-bond donors (Lipinski definition) is 2. The van der Waals surface area contributed by atoms with Crippen molar-refractivity contribution >= 4 is 34.9 Å². The minimum absolute atomic E-state index is 0.0121. The Kier molecular flexibility index (Phi) is 7.12. The molecule has 0 amide bonds. The minimum Gasteiger partial charge on any atom is -0.486 e. The van der Waals surface area contributed by atoms with E-state index in [1.165, 1.54) is 12.1 Å². The Bertz CT molecular complexity index is 773. The molecule has 0 aliphatic carbocycles. The van der Waals surface area contributed by atoms with Crippen molar-refractivity contribution in [3.63, 3.8) is 0 Å². The highest BCUT2D eigenvalue weighted by atomic mass is 35.5. The Morgan fingerprint density at radius 2 is 1.81 bits per heavy atom. The van der Waals surface area contributed by atoms with Crippen LogP contribution in [0.25, 0.3) is 0 Å². The van der Waals surface area contributed by atoms with Gasteiger partial charge in [0.25, 0.3) is 0 Å². The van der Waals surface area contributed by atoms with Crippen LogP contribution in [0.3, 0.4) is 0 Å². The number of halogens is 3. The van der Waals surface area contributed by atoms with E-state index in [9.17, 15) is 9.18 Å². The second-order valence-corrected chi connectivity index (χ2v) is 7.03. The van der Waals surface area contributed by atoms with Gasteiger partial charge in [-0.25, -0.2) is 4.39 Å². The van der Waals surface area contributed by atoms with Crippen LogP contribution in [0.4, 0.5) is 10.1 Å². The van der Waals surface area contributed by atoms with E-state index < -0.39 is 5.97 Å². The number of carbonyl (C=O) groups is 1. The Balaban J connectivity index is 2.12. The predicted molar refractivity (Wildman–Crippen MR) is 102 cm³/mol. The molecule has 140 valence electrons. The fourth-order valence-electron chi connectivity index (χ4n) is 2.45. The molecular formula is C19H20Cl2FNO3. The number of rotatable bonds is 8. The molecule has 26 heavy (non-hydrogen) atoms. The van der Waals surface area contributed by atoms with Crippen LogP contribution in [0.2, 0.25) is 10.0 Å². The number of hydrogen-bond acceptors (Lipinski definition) is 3. The quantitative estimate of drug-likeness (QED) is 0.610. The number of benzene rings is 2. The second kappa shape index (κ2) is 9.10. The summed E-state index contributed by atoms with van der Waals surface area (Å²) in [5, 5.41) is 12.5. The van der Waals surface area contributed by atoms with Crippen molar-refractivity contribution in [3.05, 3.63) is 57.3 Å². The second-order valence-electron chi connectivity index (χ2n) is 6.22. The number of carboxylic acids is 1. The van der Waals surface area contributed by atoms with Crippen molar-refractivity contribution in [3.8, 4) is 5.75 Å². The summed E-state index contributed by atoms with van der Waals surface area (Å²) in [5.41, 5.74) is 2.01. The van der Waals surface area contributed by atoms with Crippen molar-refractivity contribution in [1.82, 2.24) is 0 Å². The number of ether oxygens (including phenoxy) is 1. The van der Waals surface area contributed by atoms with Crippen LogP contribution >= 0.6 is 23.2 Å². The Morgan fingerprint density at radius 3 is 2.38 bits per heavy atom. The number of nitrogens with one attached hydrogen (secondary N) is 1. The fourth-order valence-corrected chi connectivity index (χ4v) is 3.09. The van der Waals surface area contributed by atoms with Gasteiger partial charge in [0.1, 0.15) is 12.4 Å². The summed E-state index contributed by atoms with van der Waals surface area (Å²) < 4.78 is 19.4. The smallest absolute Gasteiger partial charge is 0.303 e. The average Bonchev–Trinajstić information content (AvgIpc) is 2.50. The lowest BCUT2D eigenvalue weighted by atomic mass is 10.1. The largest absolute Gasteiger partial charge is 0.486 e. The SMILES string of the molecule is CC(C)Nc1cc(F)cc(COc2c(Cl)cc(CCC(=O)O)cc2Cl)c1. The summed E-state index contributed by atoms with van der Waals surface area (Å²) in [7, 11) is 0. The van der Waals surface area contributed by atoms with Crippen LogP contribution in [0.5, 0.6) is 5.75 Å². The van der Waals surface area contributed by atoms with Gasteiger partial charge >= 0.3 is 5.97 Å². The molecule has 0 aliphatic heterocycles. The summed E-state index contributed by atoms with van der Waals surface area (Å²) in [6.07, 6.45) is 0.310. The minimum atomic E-state index is -0.894. The van der Waals surface area contributed by atoms with Gasteiger partial charge in [-0.1, -0.05) is 23.2 Å². The van der Waals surface area contributed by atoms with Crippen LogP contribution in [-0.4, -0.2) is 17.1 Å². The molecular weight excluding hydrogens is 380 g/mol. The van der Waals surface area contributed by atoms with Gasteiger partial charge in [-0.3, -0.25) is 4.79 Å². The molecule has 0 unspecified atom stereocenters. The van der Waals surface area contributed by atoms with Crippen LogP contribution in [0.15, 0.2) is 30.3 Å². The number of aliphatic carboxylic acids is 1. The van der Waals surface area contributed by atoms with Crippen molar-refractivity contribution in [2.45, 2.75) is 39.3 Å². The van der Waals surface area contributed by atoms with E-state index in [2.05, 4.69) is 5.32 Å². The molecule has 0 atom stereocenters. The first-order valence-corrected chi connectivity index (χ1v) is 8.88. The molecule has 4 nitrogen and oxygen atoms in total. The molecule has 0 saturated heterocycles. The summed E-state index contributed by atoms with van der Waals surface area (Å²) in [6.45, 7) is 4.03. The van der Waals surface area contributed by atoms with Crippen LogP contribution in [0, 0.1) is 5.82 Å². The zero-order valence-electron chi connectivity index (χ0n) is 14.5. The monoisotopic (exact) mass is 399 g/mol. The van der Waals surface area contributed by atoms with Gasteiger partial charge < -0.3 is 15.2 Å². The van der Waals surface area contributed by atoms with Crippen LogP contribution < -0.4 is 10.1 Å². The maximum Gasteiger partial charge on any atom is 0.303 e. The summed E-state index contributed by atoms with van der Waals surface area (Å²) in [6, 6.07) is 8.03. The van der Waals surface area contributed by atoms with E-state index in [1.54, 1.807) is 18.2 Å². The molecule has 0 aromatic heterocycles. The Morgan fingerprint density at radius 1 is 1.15 bits per heavy atom. The molecule has 0 heterocycles. The van der Waals surface area contributed by atoms with E-state index in [0.29, 0.717) is 23.2 Å². The molecule has 0 fully saturated rings. The van der Waals surface area contributed by atoms with E-state index in [-0.39, 0.29) is 40.7 Å². The third-order valence-electron chi connectivity index (χ3n) is 3.48. The molecule has 0 aliphatic rings. The predicted octanol–water partition coefficient (Wildman–Crippen LogP) is 5.55. The highest BCUT2D eigenvalue weighted by Gasteiger charge is 2.12. The van der Waals surface area contributed by atoms with Crippen molar-refractivity contribution < 1.29 is 19.0 Å². The third kappa shape index (κ3) is 6.07. The maximum absolute atomic E-state index is 13.8. The molecule has 2 aromatic carbocycles. The van der Waals surface area contributed by atoms with Crippen LogP contribution in [-0.2, 0) is 17.8 Å². The number of carboxylic acid groups (broad SMARTS) is 1. The first kappa shape index (κ1) is 20.3. The van der Waals surface area contributed by atoms with E-state index in [1.807, 2.05) is 13.8 Å². The first-order valence-electron chi connectivity index (χ1n) is 8.13. The molecule has 7 heteroatoms. The summed E-state index contributed by atoms with van der Waals surface area (Å²) >= 11 is 12.4. The van der Waals surface area contributed by atoms with Crippen molar-refractivity contribution in [2.75, 3.05) is 5.32 Å². The van der Waals surface area contributed by atoms with Crippen molar-refractivity contribution in [2.24, 2.45) is 0 Å². The van der Waals surface area contributed by atoms with Gasteiger partial charge in [-0.15, -0.1) is 0 Å². The zero-order valence-corrected chi connectivity index (χ0v) is 16.0. The molecule has 2 aromatic rings. The normalized spacial score (nSPS) is 10.8. The molecule has 0 saturated carbocycles. The lowest BCUT2D eigenvalue weighted by molar-refractivity contribution is -0.136. The lowest BCUT2D eigenvalue weighted by Crippen LogP contribution is -2.10. The molecule has 0 radical (unpaired) electrons. The van der Waals surface area contributed by atoms with Crippen LogP contribution in [0.1, 0.15) is 31.4 Å². The van der Waals surface area contributed by atoms with Gasteiger partial charge in [0, 0.05) is 18.2 Å². The van der Waals surface area contributed by atoms with E-state index in [0.717, 1.165) is 0 Å². The first-order chi connectivity index (χ1) is 12.2. The highest BCUT2D eigenvalue weighted by Crippen LogP contribution is 2.35. The Hall–Kier alpha value is -1.98. The molecule has 2 N–H and O–H groups in total. The maximum atomic E-state index is 13.8. The van der Waals surface area contributed by atoms with Gasteiger partial charge in [0.2, 0.25) is 0 Å². The number of anilines is 1. The molecule has 0 spiro atoms. The summed E-state index contributed by atoms with van der Waals surface area (Å²) in [4.78, 5) is 10.7. The van der Waals surface area contributed by atoms with Gasteiger partial charge in [0.15, 0.2) is 5.75 Å². The zero-order chi connectivity index (χ0) is 19.3. The lowest BCUT2D eigenvalue weighted by Gasteiger charge is -2.14. The van der Waals surface area contributed by atoms with Crippen molar-refractivity contribution in [1.29, 1.82) is 0 Å². The molecule has 0 bridgehead atoms. The molecule has 2 rings (SSSR count). The van der Waals surface area contributed by atoms with Gasteiger partial charge in [-0.05, 0) is 61.7 Å². The van der Waals surface area contributed by atoms with E-state index >= 15 is 0 Å². The van der Waals surface area contributed by atoms with Gasteiger partial charge in [0.05, 0.1) is 10.0 Å². The van der Waals surface area contributed by atoms with E-state index in [4.69, 9.17) is 33.0 Å². The standard InChI is InChI=1S/C19H20Cl2FNO3/c1-11(2)23-15-6-13(5-14(22)9-15)10-26-19-16(20)7-12(8-17(19)21)3-4-18(24)25/h5-9,11,23H,3-4,10H2,1-2H3,(H,24,25). The summed E-state index contributed by atoms with van der Waals surface area (Å²) in [5.74, 6) is -0.972. The third-order valence-corrected chi connectivity index (χ3v) is 4.04. The topological polar surface area (TPSA) is 58.6 Å².